The van der Waals surface area contributed by atoms with Crippen LogP contribution in [0, 0.1) is 0 Å². The van der Waals surface area contributed by atoms with Gasteiger partial charge < -0.3 is 10.4 Å². The zero-order valence-corrected chi connectivity index (χ0v) is 11.9. The minimum absolute atomic E-state index is 0.280. The van der Waals surface area contributed by atoms with Gasteiger partial charge in [-0.25, -0.2) is 9.78 Å². The number of aromatic carboxylic acids is 1. The van der Waals surface area contributed by atoms with Crippen molar-refractivity contribution in [2.24, 2.45) is 0 Å². The van der Waals surface area contributed by atoms with Gasteiger partial charge in [-0.15, -0.1) is 11.3 Å². The second kappa shape index (κ2) is 5.63. The van der Waals surface area contributed by atoms with Gasteiger partial charge in [-0.2, -0.15) is 0 Å². The van der Waals surface area contributed by atoms with Crippen molar-refractivity contribution < 1.29 is 9.90 Å². The van der Waals surface area contributed by atoms with Gasteiger partial charge in [0.15, 0.2) is 0 Å². The monoisotopic (exact) mass is 288 g/mol. The SMILES string of the molecule is O=C(O)c1cc2c(nc1NCc1cccs1)CCCC2. The predicted octanol–water partition coefficient (Wildman–Crippen LogP) is 3.33. The van der Waals surface area contributed by atoms with Crippen molar-refractivity contribution in [3.05, 3.63) is 45.3 Å². The van der Waals surface area contributed by atoms with E-state index >= 15 is 0 Å². The average molecular weight is 288 g/mol. The summed E-state index contributed by atoms with van der Waals surface area (Å²) < 4.78 is 0. The summed E-state index contributed by atoms with van der Waals surface area (Å²) in [5, 5.41) is 14.5. The molecule has 0 aliphatic heterocycles. The Morgan fingerprint density at radius 2 is 2.25 bits per heavy atom. The second-order valence-electron chi connectivity index (χ2n) is 4.94. The topological polar surface area (TPSA) is 62.2 Å². The number of nitrogens with zero attached hydrogens (tertiary/aromatic N) is 1. The van der Waals surface area contributed by atoms with Crippen LogP contribution in [0.1, 0.15) is 39.3 Å². The number of rotatable bonds is 4. The molecule has 0 radical (unpaired) electrons. The molecule has 0 spiro atoms. The predicted molar refractivity (Wildman–Crippen MR) is 79.5 cm³/mol. The molecule has 2 N–H and O–H groups in total. The van der Waals surface area contributed by atoms with E-state index in [4.69, 9.17) is 0 Å². The minimum atomic E-state index is -0.917. The van der Waals surface area contributed by atoms with Crippen LogP contribution in [0.4, 0.5) is 5.82 Å². The molecule has 1 aliphatic carbocycles. The van der Waals surface area contributed by atoms with Gasteiger partial charge in [0.1, 0.15) is 11.4 Å². The lowest BCUT2D eigenvalue weighted by atomic mass is 9.95. The quantitative estimate of drug-likeness (QED) is 0.906. The first kappa shape index (κ1) is 13.1. The number of aromatic nitrogens is 1. The zero-order chi connectivity index (χ0) is 13.9. The van der Waals surface area contributed by atoms with Crippen molar-refractivity contribution in [1.29, 1.82) is 0 Å². The van der Waals surface area contributed by atoms with E-state index in [1.54, 1.807) is 17.4 Å². The third kappa shape index (κ3) is 2.67. The molecule has 20 heavy (non-hydrogen) atoms. The Kier molecular flexibility index (Phi) is 3.69. The molecule has 3 rings (SSSR count). The van der Waals surface area contributed by atoms with Crippen LogP contribution in [0.2, 0.25) is 0 Å². The van der Waals surface area contributed by atoms with Crippen LogP contribution in [0.3, 0.4) is 0 Å². The van der Waals surface area contributed by atoms with Crippen molar-refractivity contribution in [1.82, 2.24) is 4.98 Å². The summed E-state index contributed by atoms with van der Waals surface area (Å²) in [6, 6.07) is 5.80. The molecule has 0 saturated heterocycles. The van der Waals surface area contributed by atoms with E-state index in [1.165, 1.54) is 4.88 Å². The number of thiophene rings is 1. The fraction of sp³-hybridized carbons (Fsp3) is 0.333. The van der Waals surface area contributed by atoms with E-state index < -0.39 is 5.97 Å². The molecule has 104 valence electrons. The Bertz CT molecular complexity index is 623. The summed E-state index contributed by atoms with van der Waals surface area (Å²) >= 11 is 1.65. The summed E-state index contributed by atoms with van der Waals surface area (Å²) in [7, 11) is 0. The van der Waals surface area contributed by atoms with E-state index in [0.717, 1.165) is 36.9 Å². The molecule has 0 aromatic carbocycles. The molecule has 2 aromatic rings. The zero-order valence-electron chi connectivity index (χ0n) is 11.1. The van der Waals surface area contributed by atoms with E-state index in [1.807, 2.05) is 17.5 Å². The maximum Gasteiger partial charge on any atom is 0.339 e. The van der Waals surface area contributed by atoms with Crippen LogP contribution in [-0.4, -0.2) is 16.1 Å². The van der Waals surface area contributed by atoms with Gasteiger partial charge in [0, 0.05) is 10.6 Å². The fourth-order valence-corrected chi connectivity index (χ4v) is 3.16. The van der Waals surface area contributed by atoms with Gasteiger partial charge in [-0.05, 0) is 48.8 Å². The molecule has 2 heterocycles. The standard InChI is InChI=1S/C15H16N2O2S/c18-15(19)12-8-10-4-1-2-6-13(10)17-14(12)16-9-11-5-3-7-20-11/h3,5,7-8H,1-2,4,6,9H2,(H,16,17)(H,18,19). The summed E-state index contributed by atoms with van der Waals surface area (Å²) in [6.07, 6.45) is 4.14. The van der Waals surface area contributed by atoms with Crippen molar-refractivity contribution in [2.45, 2.75) is 32.2 Å². The second-order valence-corrected chi connectivity index (χ2v) is 5.97. The number of carboxylic acids is 1. The van der Waals surface area contributed by atoms with E-state index in [0.29, 0.717) is 12.4 Å². The van der Waals surface area contributed by atoms with Crippen LogP contribution in [0.15, 0.2) is 23.6 Å². The Hall–Kier alpha value is -1.88. The van der Waals surface area contributed by atoms with E-state index in [2.05, 4.69) is 10.3 Å². The van der Waals surface area contributed by atoms with Crippen LogP contribution in [-0.2, 0) is 19.4 Å². The normalized spacial score (nSPS) is 13.8. The van der Waals surface area contributed by atoms with Crippen molar-refractivity contribution in [3.63, 3.8) is 0 Å². The maximum absolute atomic E-state index is 11.4. The van der Waals surface area contributed by atoms with Crippen molar-refractivity contribution >= 4 is 23.1 Å². The van der Waals surface area contributed by atoms with Crippen molar-refractivity contribution in [2.75, 3.05) is 5.32 Å². The number of anilines is 1. The van der Waals surface area contributed by atoms with Crippen LogP contribution in [0.5, 0.6) is 0 Å². The first-order valence-electron chi connectivity index (χ1n) is 6.76. The molecule has 0 unspecified atom stereocenters. The smallest absolute Gasteiger partial charge is 0.339 e. The Morgan fingerprint density at radius 3 is 3.00 bits per heavy atom. The molecule has 4 nitrogen and oxygen atoms in total. The fourth-order valence-electron chi connectivity index (χ4n) is 2.52. The van der Waals surface area contributed by atoms with Crippen LogP contribution < -0.4 is 5.32 Å². The molecular weight excluding hydrogens is 272 g/mol. The van der Waals surface area contributed by atoms with Crippen molar-refractivity contribution in [3.8, 4) is 0 Å². The van der Waals surface area contributed by atoms with E-state index in [-0.39, 0.29) is 5.56 Å². The number of pyridine rings is 1. The third-order valence-electron chi connectivity index (χ3n) is 3.54. The van der Waals surface area contributed by atoms with Gasteiger partial charge in [0.2, 0.25) is 0 Å². The van der Waals surface area contributed by atoms with Crippen LogP contribution >= 0.6 is 11.3 Å². The molecular formula is C15H16N2O2S. The number of carboxylic acid groups (broad SMARTS) is 1. The molecule has 0 saturated carbocycles. The average Bonchev–Trinajstić information content (AvgIpc) is 2.97. The van der Waals surface area contributed by atoms with Gasteiger partial charge in [-0.1, -0.05) is 6.07 Å². The number of aryl methyl sites for hydroxylation is 2. The molecule has 0 amide bonds. The lowest BCUT2D eigenvalue weighted by Gasteiger charge is -2.18. The highest BCUT2D eigenvalue weighted by atomic mass is 32.1. The summed E-state index contributed by atoms with van der Waals surface area (Å²) in [5.74, 6) is -0.425. The molecule has 2 aromatic heterocycles. The van der Waals surface area contributed by atoms with Gasteiger partial charge in [0.25, 0.3) is 0 Å². The molecule has 1 aliphatic rings. The highest BCUT2D eigenvalue weighted by molar-refractivity contribution is 7.09. The summed E-state index contributed by atoms with van der Waals surface area (Å²) in [5.41, 5.74) is 2.42. The molecule has 0 bridgehead atoms. The Morgan fingerprint density at radius 1 is 1.40 bits per heavy atom. The highest BCUT2D eigenvalue weighted by Crippen LogP contribution is 2.25. The van der Waals surface area contributed by atoms with Gasteiger partial charge in [-0.3, -0.25) is 0 Å². The van der Waals surface area contributed by atoms with Crippen LogP contribution in [0.25, 0.3) is 0 Å². The first-order valence-corrected chi connectivity index (χ1v) is 7.64. The lowest BCUT2D eigenvalue weighted by molar-refractivity contribution is 0.0697. The largest absolute Gasteiger partial charge is 0.478 e. The minimum Gasteiger partial charge on any atom is -0.478 e. The number of nitrogens with one attached hydrogen (secondary N) is 1. The van der Waals surface area contributed by atoms with E-state index in [9.17, 15) is 9.90 Å². The maximum atomic E-state index is 11.4. The first-order chi connectivity index (χ1) is 9.74. The Labute approximate surface area is 121 Å². The number of fused-ring (bicyclic) bond motifs is 1. The lowest BCUT2D eigenvalue weighted by Crippen LogP contribution is -2.13. The number of carbonyl (C=O) groups is 1. The number of hydrogen-bond acceptors (Lipinski definition) is 4. The number of hydrogen-bond donors (Lipinski definition) is 2. The summed E-state index contributed by atoms with van der Waals surface area (Å²) in [4.78, 5) is 17.1. The molecule has 0 atom stereocenters. The van der Waals surface area contributed by atoms with Gasteiger partial charge >= 0.3 is 5.97 Å². The highest BCUT2D eigenvalue weighted by Gasteiger charge is 2.18. The molecule has 0 fully saturated rings. The third-order valence-corrected chi connectivity index (χ3v) is 4.42. The van der Waals surface area contributed by atoms with Gasteiger partial charge in [0.05, 0.1) is 6.54 Å². The summed E-state index contributed by atoms with van der Waals surface area (Å²) in [6.45, 7) is 0.615. The Balaban J connectivity index is 1.89. The molecule has 5 heteroatoms.